The second-order valence-corrected chi connectivity index (χ2v) is 13.7. The van der Waals surface area contributed by atoms with Crippen molar-refractivity contribution in [1.29, 1.82) is 0 Å². The Balaban J connectivity index is 1.09. The maximum Gasteiger partial charge on any atom is 0.354 e. The van der Waals surface area contributed by atoms with Crippen LogP contribution < -0.4 is 4.74 Å². The molecule has 1 aliphatic carbocycles. The van der Waals surface area contributed by atoms with Crippen molar-refractivity contribution in [3.63, 3.8) is 0 Å². The third kappa shape index (κ3) is 9.93. The number of aryl methyl sites for hydroxylation is 3. The standard InChI is InChI=1S/C44H43F3N2O5/c45-41(42(46)47)34-18-14-30(15-19-34)9-8-29-10-12-32(13-11-29)28-54-40-7-2-1-4-33(40)25-27-49(26-24-31-16-20-35(21-17-31)43(50)51)39-6-3-5-37-36(39)22-23-38(48-37)44(52)53/h1-2,4,7,10-23,39,41-42H,3,5-6,8-9,24-28H2,(H,50,51)(H,52,53). The van der Waals surface area contributed by atoms with Crippen molar-refractivity contribution in [3.8, 4) is 5.75 Å². The van der Waals surface area contributed by atoms with Gasteiger partial charge in [0.1, 0.15) is 18.1 Å². The van der Waals surface area contributed by atoms with Crippen molar-refractivity contribution in [1.82, 2.24) is 9.88 Å². The van der Waals surface area contributed by atoms with E-state index < -0.39 is 24.5 Å². The van der Waals surface area contributed by atoms with E-state index in [1.54, 1.807) is 30.3 Å². The molecule has 1 aliphatic rings. The van der Waals surface area contributed by atoms with Crippen molar-refractivity contribution in [2.45, 2.75) is 70.2 Å². The van der Waals surface area contributed by atoms with Crippen LogP contribution in [0, 0.1) is 0 Å². The Hall–Kier alpha value is -5.48. The number of alkyl halides is 3. The fraction of sp³-hybridized carbons (Fsp3) is 0.295. The van der Waals surface area contributed by atoms with Crippen LogP contribution in [0.4, 0.5) is 13.2 Å². The summed E-state index contributed by atoms with van der Waals surface area (Å²) in [4.78, 5) is 29.9. The summed E-state index contributed by atoms with van der Waals surface area (Å²) in [7, 11) is 0. The molecule has 6 rings (SSSR count). The zero-order valence-corrected chi connectivity index (χ0v) is 29.8. The molecule has 280 valence electrons. The second-order valence-electron chi connectivity index (χ2n) is 13.7. The van der Waals surface area contributed by atoms with Crippen molar-refractivity contribution in [3.05, 3.63) is 165 Å². The first-order chi connectivity index (χ1) is 26.1. The molecule has 1 heterocycles. The minimum atomic E-state index is -3.03. The minimum Gasteiger partial charge on any atom is -0.489 e. The monoisotopic (exact) mass is 736 g/mol. The molecule has 0 bridgehead atoms. The summed E-state index contributed by atoms with van der Waals surface area (Å²) < 4.78 is 45.3. The van der Waals surface area contributed by atoms with E-state index in [2.05, 4.69) is 28.1 Å². The number of para-hydroxylation sites is 1. The fourth-order valence-corrected chi connectivity index (χ4v) is 7.02. The van der Waals surface area contributed by atoms with Crippen molar-refractivity contribution >= 4 is 11.9 Å². The largest absolute Gasteiger partial charge is 0.489 e. The summed E-state index contributed by atoms with van der Waals surface area (Å²) in [6.07, 6.45) is 0.133. The van der Waals surface area contributed by atoms with Gasteiger partial charge in [-0.2, -0.15) is 0 Å². The molecule has 0 spiro atoms. The molecular weight excluding hydrogens is 693 g/mol. The third-order valence-electron chi connectivity index (χ3n) is 10.1. The quantitative estimate of drug-likeness (QED) is 0.0982. The second kappa shape index (κ2) is 18.0. The Morgan fingerprint density at radius 3 is 2.00 bits per heavy atom. The zero-order valence-electron chi connectivity index (χ0n) is 29.8. The normalized spacial score (nSPS) is 14.5. The molecule has 0 saturated heterocycles. The van der Waals surface area contributed by atoms with Crippen LogP contribution in [0.15, 0.2) is 109 Å². The van der Waals surface area contributed by atoms with Crippen molar-refractivity contribution in [2.24, 2.45) is 0 Å². The average molecular weight is 737 g/mol. The van der Waals surface area contributed by atoms with Crippen LogP contribution in [0.25, 0.3) is 0 Å². The Morgan fingerprint density at radius 1 is 0.722 bits per heavy atom. The van der Waals surface area contributed by atoms with Gasteiger partial charge in [0.2, 0.25) is 0 Å². The van der Waals surface area contributed by atoms with Gasteiger partial charge in [0.25, 0.3) is 6.43 Å². The number of aromatic carboxylic acids is 2. The molecule has 0 radical (unpaired) electrons. The lowest BCUT2D eigenvalue weighted by Gasteiger charge is -2.36. The fourth-order valence-electron chi connectivity index (χ4n) is 7.02. The van der Waals surface area contributed by atoms with Gasteiger partial charge in [0.15, 0.2) is 6.17 Å². The van der Waals surface area contributed by atoms with Gasteiger partial charge in [-0.1, -0.05) is 84.9 Å². The molecule has 54 heavy (non-hydrogen) atoms. The predicted octanol–water partition coefficient (Wildman–Crippen LogP) is 9.28. The van der Waals surface area contributed by atoms with Gasteiger partial charge in [-0.25, -0.2) is 27.7 Å². The number of pyridine rings is 1. The molecule has 2 atom stereocenters. The number of carboxylic acid groups (broad SMARTS) is 2. The van der Waals surface area contributed by atoms with E-state index in [0.29, 0.717) is 32.4 Å². The molecule has 2 unspecified atom stereocenters. The molecule has 5 aromatic rings. The number of rotatable bonds is 17. The summed E-state index contributed by atoms with van der Waals surface area (Å²) in [6.45, 7) is 1.82. The summed E-state index contributed by atoms with van der Waals surface area (Å²) >= 11 is 0. The van der Waals surface area contributed by atoms with E-state index in [1.807, 2.05) is 48.5 Å². The average Bonchev–Trinajstić information content (AvgIpc) is 3.19. The van der Waals surface area contributed by atoms with Crippen LogP contribution in [-0.2, 0) is 38.7 Å². The lowest BCUT2D eigenvalue weighted by molar-refractivity contribution is 0.0495. The van der Waals surface area contributed by atoms with Gasteiger partial charge >= 0.3 is 11.9 Å². The third-order valence-corrected chi connectivity index (χ3v) is 10.1. The summed E-state index contributed by atoms with van der Waals surface area (Å²) in [6, 6.07) is 33.0. The van der Waals surface area contributed by atoms with E-state index in [4.69, 9.17) is 4.74 Å². The van der Waals surface area contributed by atoms with E-state index in [-0.39, 0.29) is 22.9 Å². The van der Waals surface area contributed by atoms with Crippen LogP contribution in [-0.4, -0.2) is 51.6 Å². The predicted molar refractivity (Wildman–Crippen MR) is 200 cm³/mol. The summed E-state index contributed by atoms with van der Waals surface area (Å²) in [5.41, 5.74) is 7.36. The maximum absolute atomic E-state index is 13.6. The molecule has 0 fully saturated rings. The first-order valence-electron chi connectivity index (χ1n) is 18.2. The first-order valence-corrected chi connectivity index (χ1v) is 18.2. The number of hydrogen-bond donors (Lipinski definition) is 2. The molecule has 7 nitrogen and oxygen atoms in total. The number of hydrogen-bond acceptors (Lipinski definition) is 5. The lowest BCUT2D eigenvalue weighted by Crippen LogP contribution is -2.35. The topological polar surface area (TPSA) is 100.0 Å². The van der Waals surface area contributed by atoms with Crippen LogP contribution >= 0.6 is 0 Å². The Kier molecular flexibility index (Phi) is 12.8. The van der Waals surface area contributed by atoms with Gasteiger partial charge < -0.3 is 14.9 Å². The SMILES string of the molecule is O=C(O)c1ccc(CCN(CCc2ccccc2OCc2ccc(CCc3ccc(C(F)C(F)F)cc3)cc2)C2CCCc3nc(C(=O)O)ccc32)cc1. The first kappa shape index (κ1) is 38.3. The maximum atomic E-state index is 13.6. The Labute approximate surface area is 313 Å². The number of carbonyl (C=O) groups is 2. The molecule has 2 N–H and O–H groups in total. The smallest absolute Gasteiger partial charge is 0.354 e. The summed E-state index contributed by atoms with van der Waals surface area (Å²) in [5, 5.41) is 18.9. The van der Waals surface area contributed by atoms with Crippen molar-refractivity contribution < 1.29 is 37.7 Å². The highest BCUT2D eigenvalue weighted by Crippen LogP contribution is 2.35. The van der Waals surface area contributed by atoms with Crippen LogP contribution in [0.3, 0.4) is 0 Å². The van der Waals surface area contributed by atoms with E-state index >= 15 is 0 Å². The van der Waals surface area contributed by atoms with Crippen LogP contribution in [0.1, 0.15) is 90.5 Å². The number of benzene rings is 4. The highest BCUT2D eigenvalue weighted by molar-refractivity contribution is 5.87. The van der Waals surface area contributed by atoms with E-state index in [0.717, 1.165) is 77.1 Å². The number of carboxylic acids is 2. The van der Waals surface area contributed by atoms with Crippen LogP contribution in [0.5, 0.6) is 5.75 Å². The number of fused-ring (bicyclic) bond motifs is 1. The number of ether oxygens (including phenoxy) is 1. The molecule has 0 amide bonds. The molecular formula is C44H43F3N2O5. The summed E-state index contributed by atoms with van der Waals surface area (Å²) in [5.74, 6) is -1.20. The lowest BCUT2D eigenvalue weighted by atomic mass is 9.89. The molecule has 10 heteroatoms. The van der Waals surface area contributed by atoms with Gasteiger partial charge in [-0.15, -0.1) is 0 Å². The molecule has 1 aromatic heterocycles. The van der Waals surface area contributed by atoms with Crippen molar-refractivity contribution in [2.75, 3.05) is 13.1 Å². The van der Waals surface area contributed by atoms with Gasteiger partial charge in [-0.05, 0) is 108 Å². The van der Waals surface area contributed by atoms with Crippen LogP contribution in [0.2, 0.25) is 0 Å². The van der Waals surface area contributed by atoms with Gasteiger partial charge in [-0.3, -0.25) is 4.90 Å². The van der Waals surface area contributed by atoms with E-state index in [9.17, 15) is 33.0 Å². The molecule has 0 saturated carbocycles. The molecule has 4 aromatic carbocycles. The van der Waals surface area contributed by atoms with Gasteiger partial charge in [0, 0.05) is 24.8 Å². The number of halogens is 3. The molecule has 0 aliphatic heterocycles. The highest BCUT2D eigenvalue weighted by Gasteiger charge is 2.28. The van der Waals surface area contributed by atoms with Gasteiger partial charge in [0.05, 0.1) is 5.56 Å². The number of aromatic nitrogens is 1. The number of nitrogens with zero attached hydrogens (tertiary/aromatic N) is 2. The highest BCUT2D eigenvalue weighted by atomic mass is 19.3. The Morgan fingerprint density at radius 2 is 1.33 bits per heavy atom. The van der Waals surface area contributed by atoms with E-state index in [1.165, 1.54) is 12.1 Å². The zero-order chi connectivity index (χ0) is 38.0. The minimum absolute atomic E-state index is 0.01000. The Bertz CT molecular complexity index is 2020.